The first kappa shape index (κ1) is 13.5. The van der Waals surface area contributed by atoms with Crippen LogP contribution in [0.2, 0.25) is 0 Å². The molecule has 0 unspecified atom stereocenters. The van der Waals surface area contributed by atoms with E-state index in [1.54, 1.807) is 25.3 Å². The lowest BCUT2D eigenvalue weighted by molar-refractivity contribution is 0.414. The smallest absolute Gasteiger partial charge is 0.155 e. The van der Waals surface area contributed by atoms with E-state index in [9.17, 15) is 8.42 Å². The van der Waals surface area contributed by atoms with E-state index in [2.05, 4.69) is 15.9 Å². The predicted octanol–water partition coefficient (Wildman–Crippen LogP) is 1.33. The molecule has 90 valence electrons. The van der Waals surface area contributed by atoms with Gasteiger partial charge < -0.3 is 10.5 Å². The Morgan fingerprint density at radius 3 is 2.69 bits per heavy atom. The second kappa shape index (κ2) is 5.65. The van der Waals surface area contributed by atoms with Gasteiger partial charge in [0.05, 0.1) is 18.6 Å². The van der Waals surface area contributed by atoms with Gasteiger partial charge in [0.15, 0.2) is 9.84 Å². The van der Waals surface area contributed by atoms with E-state index in [1.165, 1.54) is 0 Å². The lowest BCUT2D eigenvalue weighted by Gasteiger charge is -2.07. The summed E-state index contributed by atoms with van der Waals surface area (Å²) in [6.45, 7) is 0.143. The molecule has 0 aliphatic heterocycles. The summed E-state index contributed by atoms with van der Waals surface area (Å²) < 4.78 is 29.0. The molecular weight excluding hydrogens is 294 g/mol. The van der Waals surface area contributed by atoms with Crippen molar-refractivity contribution >= 4 is 25.8 Å². The first-order valence-corrected chi connectivity index (χ1v) is 7.33. The van der Waals surface area contributed by atoms with Crippen LogP contribution in [0.3, 0.4) is 0 Å². The molecule has 1 aromatic rings. The highest BCUT2D eigenvalue weighted by atomic mass is 79.9. The molecule has 6 heteroatoms. The van der Waals surface area contributed by atoms with Gasteiger partial charge in [-0.1, -0.05) is 15.9 Å². The number of halogens is 1. The third-order valence-electron chi connectivity index (χ3n) is 2.06. The maximum Gasteiger partial charge on any atom is 0.155 e. The van der Waals surface area contributed by atoms with Crippen LogP contribution in [0.5, 0.6) is 5.75 Å². The van der Waals surface area contributed by atoms with Crippen molar-refractivity contribution in [2.75, 3.05) is 19.4 Å². The molecular formula is C10H14BrNO3S. The lowest BCUT2D eigenvalue weighted by Crippen LogP contribution is -2.17. The van der Waals surface area contributed by atoms with Gasteiger partial charge in [-0.15, -0.1) is 0 Å². The van der Waals surface area contributed by atoms with Gasteiger partial charge in [0, 0.05) is 11.0 Å². The third-order valence-corrected chi connectivity index (χ3v) is 4.44. The van der Waals surface area contributed by atoms with E-state index in [1.807, 2.05) is 0 Å². The van der Waals surface area contributed by atoms with Crippen LogP contribution in [0.4, 0.5) is 0 Å². The van der Waals surface area contributed by atoms with E-state index >= 15 is 0 Å². The quantitative estimate of drug-likeness (QED) is 0.891. The van der Waals surface area contributed by atoms with Crippen LogP contribution in [-0.4, -0.2) is 27.8 Å². The van der Waals surface area contributed by atoms with Crippen molar-refractivity contribution in [1.82, 2.24) is 0 Å². The van der Waals surface area contributed by atoms with Crippen LogP contribution >= 0.6 is 15.9 Å². The molecule has 0 aromatic heterocycles. The van der Waals surface area contributed by atoms with E-state index in [4.69, 9.17) is 10.5 Å². The molecule has 2 N–H and O–H groups in total. The molecule has 0 saturated heterocycles. The Labute approximate surface area is 104 Å². The van der Waals surface area contributed by atoms with Crippen LogP contribution in [0.25, 0.3) is 0 Å². The molecule has 0 heterocycles. The summed E-state index contributed by atoms with van der Waals surface area (Å²) in [5, 5.41) is 0. The molecule has 1 rings (SSSR count). The second-order valence-corrected chi connectivity index (χ2v) is 6.38. The van der Waals surface area contributed by atoms with Crippen molar-refractivity contribution in [1.29, 1.82) is 0 Å². The van der Waals surface area contributed by atoms with Gasteiger partial charge >= 0.3 is 0 Å². The maximum atomic E-state index is 11.6. The number of hydrogen-bond donors (Lipinski definition) is 1. The highest BCUT2D eigenvalue weighted by Gasteiger charge is 2.13. The first-order valence-electron chi connectivity index (χ1n) is 4.71. The average Bonchev–Trinajstić information content (AvgIpc) is 2.21. The van der Waals surface area contributed by atoms with E-state index in [-0.39, 0.29) is 18.1 Å². The van der Waals surface area contributed by atoms with Crippen molar-refractivity contribution < 1.29 is 13.2 Å². The van der Waals surface area contributed by atoms with E-state index < -0.39 is 9.84 Å². The van der Waals surface area contributed by atoms with Crippen LogP contribution in [0.15, 0.2) is 22.7 Å². The summed E-state index contributed by atoms with van der Waals surface area (Å²) in [6, 6.07) is 5.24. The fraction of sp³-hybridized carbons (Fsp3) is 0.400. The molecule has 0 spiro atoms. The Kier molecular flexibility index (Phi) is 4.76. The molecule has 0 fully saturated rings. The van der Waals surface area contributed by atoms with Crippen molar-refractivity contribution in [3.63, 3.8) is 0 Å². The molecule has 4 nitrogen and oxygen atoms in total. The Morgan fingerprint density at radius 2 is 2.12 bits per heavy atom. The Bertz CT molecular complexity index is 459. The van der Waals surface area contributed by atoms with Gasteiger partial charge in [-0.25, -0.2) is 8.42 Å². The molecule has 0 bridgehead atoms. The summed E-state index contributed by atoms with van der Waals surface area (Å²) in [6.07, 6.45) is 0. The molecule has 0 amide bonds. The Morgan fingerprint density at radius 1 is 1.44 bits per heavy atom. The zero-order valence-corrected chi connectivity index (χ0v) is 11.3. The van der Waals surface area contributed by atoms with Crippen molar-refractivity contribution in [3.8, 4) is 5.75 Å². The predicted molar refractivity (Wildman–Crippen MR) is 67.2 cm³/mol. The molecule has 0 radical (unpaired) electrons. The van der Waals surface area contributed by atoms with Crippen LogP contribution in [-0.2, 0) is 15.6 Å². The van der Waals surface area contributed by atoms with Gasteiger partial charge in [-0.05, 0) is 23.8 Å². The Hall–Kier alpha value is -0.590. The zero-order valence-electron chi connectivity index (χ0n) is 8.94. The molecule has 16 heavy (non-hydrogen) atoms. The minimum absolute atomic E-state index is 0.00332. The lowest BCUT2D eigenvalue weighted by atomic mass is 10.2. The number of ether oxygens (including phenoxy) is 1. The summed E-state index contributed by atoms with van der Waals surface area (Å²) in [5.41, 5.74) is 5.93. The minimum Gasteiger partial charge on any atom is -0.497 e. The molecule has 0 atom stereocenters. The number of rotatable bonds is 5. The Balaban J connectivity index is 2.96. The first-order chi connectivity index (χ1) is 7.48. The molecule has 0 saturated carbocycles. The number of nitrogens with two attached hydrogens (primary N) is 1. The van der Waals surface area contributed by atoms with E-state index in [0.717, 1.165) is 4.47 Å². The molecule has 0 aliphatic carbocycles. The standard InChI is InChI=1S/C10H14BrNO3S/c1-15-9-2-3-10(11)8(6-9)7-16(13,14)5-4-12/h2-3,6H,4-5,7,12H2,1H3. The van der Waals surface area contributed by atoms with Gasteiger partial charge in [-0.2, -0.15) is 0 Å². The van der Waals surface area contributed by atoms with E-state index in [0.29, 0.717) is 11.3 Å². The van der Waals surface area contributed by atoms with Gasteiger partial charge in [0.25, 0.3) is 0 Å². The fourth-order valence-electron chi connectivity index (χ4n) is 1.28. The molecule has 1 aromatic carbocycles. The highest BCUT2D eigenvalue weighted by Crippen LogP contribution is 2.24. The highest BCUT2D eigenvalue weighted by molar-refractivity contribution is 9.10. The summed E-state index contributed by atoms with van der Waals surface area (Å²) >= 11 is 3.31. The van der Waals surface area contributed by atoms with Gasteiger partial charge in [0.2, 0.25) is 0 Å². The summed E-state index contributed by atoms with van der Waals surface area (Å²) in [7, 11) is -1.60. The topological polar surface area (TPSA) is 69.4 Å². The molecule has 0 aliphatic rings. The maximum absolute atomic E-state index is 11.6. The van der Waals surface area contributed by atoms with Gasteiger partial charge in [0.1, 0.15) is 5.75 Å². The third kappa shape index (κ3) is 3.77. The zero-order chi connectivity index (χ0) is 12.2. The second-order valence-electron chi connectivity index (χ2n) is 3.34. The van der Waals surface area contributed by atoms with Crippen LogP contribution in [0, 0.1) is 0 Å². The fourth-order valence-corrected chi connectivity index (χ4v) is 3.07. The van der Waals surface area contributed by atoms with Gasteiger partial charge in [-0.3, -0.25) is 0 Å². The normalized spacial score (nSPS) is 11.4. The SMILES string of the molecule is COc1ccc(Br)c(CS(=O)(=O)CCN)c1. The summed E-state index contributed by atoms with van der Waals surface area (Å²) in [5.74, 6) is 0.611. The van der Waals surface area contributed by atoms with Crippen LogP contribution in [0.1, 0.15) is 5.56 Å². The monoisotopic (exact) mass is 307 g/mol. The van der Waals surface area contributed by atoms with Crippen molar-refractivity contribution in [2.24, 2.45) is 5.73 Å². The van der Waals surface area contributed by atoms with Crippen molar-refractivity contribution in [2.45, 2.75) is 5.75 Å². The minimum atomic E-state index is -3.14. The number of sulfone groups is 1. The largest absolute Gasteiger partial charge is 0.497 e. The summed E-state index contributed by atoms with van der Waals surface area (Å²) in [4.78, 5) is 0. The number of hydrogen-bond acceptors (Lipinski definition) is 4. The number of benzene rings is 1. The van der Waals surface area contributed by atoms with Crippen molar-refractivity contribution in [3.05, 3.63) is 28.2 Å². The van der Waals surface area contributed by atoms with Crippen LogP contribution < -0.4 is 10.5 Å². The number of methoxy groups -OCH3 is 1. The average molecular weight is 308 g/mol.